The Balaban J connectivity index is 1.45. The summed E-state index contributed by atoms with van der Waals surface area (Å²) in [7, 11) is 0. The molecular weight excluding hydrogens is 382 g/mol. The number of hydrogen-bond donors (Lipinski definition) is 1. The lowest BCUT2D eigenvalue weighted by molar-refractivity contribution is -0.380. The maximum Gasteiger partial charge on any atom is 0.345 e. The molecule has 1 aromatic carbocycles. The van der Waals surface area contributed by atoms with Crippen molar-refractivity contribution in [1.29, 1.82) is 0 Å². The average molecular weight is 393 g/mol. The largest absolute Gasteiger partial charge is 0.484 e. The second-order valence-corrected chi connectivity index (χ2v) is 6.60. The van der Waals surface area contributed by atoms with E-state index in [1.54, 1.807) is 12.1 Å². The van der Waals surface area contributed by atoms with Crippen LogP contribution in [0.3, 0.4) is 0 Å². The van der Waals surface area contributed by atoms with E-state index < -0.39 is 4.92 Å². The summed E-state index contributed by atoms with van der Waals surface area (Å²) >= 11 is 1.82. The molecule has 3 aromatic rings. The zero-order valence-electron chi connectivity index (χ0n) is 13.0. The number of thiazole rings is 1. The maximum absolute atomic E-state index is 11.8. The van der Waals surface area contributed by atoms with Gasteiger partial charge in [0, 0.05) is 0 Å². The predicted molar refractivity (Wildman–Crippen MR) is 93.2 cm³/mol. The Bertz CT molecular complexity index is 898. The number of nitrogens with one attached hydrogen (secondary N) is 1. The van der Waals surface area contributed by atoms with Crippen LogP contribution in [0.15, 0.2) is 46.2 Å². The Morgan fingerprint density at radius 2 is 2.15 bits per heavy atom. The molecule has 1 amide bonds. The molecule has 134 valence electrons. The standard InChI is InChI=1S/C14H11N5O5S2/c20-10(16-13-15-6-12(26-13)19(21)22)8-25-14-18-17-11(24-14)7-23-9-4-2-1-3-5-9/h1-6H,7-8H2,(H,15,16,20). The van der Waals surface area contributed by atoms with Gasteiger partial charge in [-0.2, -0.15) is 0 Å². The van der Waals surface area contributed by atoms with Crippen molar-refractivity contribution in [2.75, 3.05) is 11.1 Å². The van der Waals surface area contributed by atoms with Gasteiger partial charge >= 0.3 is 5.00 Å². The molecule has 0 spiro atoms. The molecule has 12 heteroatoms. The van der Waals surface area contributed by atoms with E-state index in [0.717, 1.165) is 29.3 Å². The highest BCUT2D eigenvalue weighted by Crippen LogP contribution is 2.25. The van der Waals surface area contributed by atoms with E-state index in [0.29, 0.717) is 5.75 Å². The minimum atomic E-state index is -0.570. The summed E-state index contributed by atoms with van der Waals surface area (Å²) in [5.74, 6) is 0.567. The van der Waals surface area contributed by atoms with Gasteiger partial charge in [-0.3, -0.25) is 14.9 Å². The fraction of sp³-hybridized carbons (Fsp3) is 0.143. The van der Waals surface area contributed by atoms with Gasteiger partial charge in [0.25, 0.3) is 11.1 Å². The highest BCUT2D eigenvalue weighted by molar-refractivity contribution is 7.99. The summed E-state index contributed by atoms with van der Waals surface area (Å²) < 4.78 is 10.9. The Morgan fingerprint density at radius 3 is 2.88 bits per heavy atom. The van der Waals surface area contributed by atoms with Crippen LogP contribution in [0.5, 0.6) is 5.75 Å². The zero-order chi connectivity index (χ0) is 18.4. The van der Waals surface area contributed by atoms with Crippen molar-refractivity contribution in [1.82, 2.24) is 15.2 Å². The van der Waals surface area contributed by atoms with Crippen LogP contribution in [0.4, 0.5) is 10.1 Å². The molecule has 1 N–H and O–H groups in total. The number of anilines is 1. The van der Waals surface area contributed by atoms with Gasteiger partial charge in [-0.15, -0.1) is 10.2 Å². The number of aromatic nitrogens is 3. The van der Waals surface area contributed by atoms with Crippen LogP contribution in [-0.4, -0.2) is 31.8 Å². The molecule has 10 nitrogen and oxygen atoms in total. The first-order chi connectivity index (χ1) is 12.6. The van der Waals surface area contributed by atoms with E-state index in [-0.39, 0.29) is 39.5 Å². The van der Waals surface area contributed by atoms with Crippen molar-refractivity contribution in [2.24, 2.45) is 0 Å². The number of carbonyl (C=O) groups is 1. The summed E-state index contributed by atoms with van der Waals surface area (Å²) in [6.07, 6.45) is 1.09. The minimum Gasteiger partial charge on any atom is -0.484 e. The molecule has 26 heavy (non-hydrogen) atoms. The van der Waals surface area contributed by atoms with Crippen LogP contribution >= 0.6 is 23.1 Å². The van der Waals surface area contributed by atoms with E-state index in [2.05, 4.69) is 20.5 Å². The fourth-order valence-corrected chi connectivity index (χ4v) is 2.94. The Labute approximate surface area is 154 Å². The molecule has 0 aliphatic rings. The second kappa shape index (κ2) is 8.40. The molecule has 2 aromatic heterocycles. The average Bonchev–Trinajstić information content (AvgIpc) is 3.28. The van der Waals surface area contributed by atoms with Gasteiger partial charge < -0.3 is 14.5 Å². The number of thioether (sulfide) groups is 1. The third-order valence-electron chi connectivity index (χ3n) is 2.80. The third kappa shape index (κ3) is 5.00. The molecule has 0 saturated carbocycles. The van der Waals surface area contributed by atoms with Gasteiger partial charge in [0.1, 0.15) is 11.9 Å². The number of nitrogens with zero attached hydrogens (tertiary/aromatic N) is 4. The zero-order valence-corrected chi connectivity index (χ0v) is 14.7. The fourth-order valence-electron chi connectivity index (χ4n) is 1.71. The molecule has 0 aliphatic heterocycles. The topological polar surface area (TPSA) is 133 Å². The van der Waals surface area contributed by atoms with E-state index in [1.807, 2.05) is 18.2 Å². The molecule has 0 saturated heterocycles. The van der Waals surface area contributed by atoms with Gasteiger partial charge in [0.05, 0.1) is 10.7 Å². The van der Waals surface area contributed by atoms with Crippen LogP contribution in [0, 0.1) is 10.1 Å². The normalized spacial score (nSPS) is 10.5. The van der Waals surface area contributed by atoms with Crippen LogP contribution in [0.1, 0.15) is 5.89 Å². The Morgan fingerprint density at radius 1 is 1.35 bits per heavy atom. The number of amides is 1. The lowest BCUT2D eigenvalue weighted by Gasteiger charge is -2.01. The van der Waals surface area contributed by atoms with Crippen molar-refractivity contribution < 1.29 is 18.9 Å². The van der Waals surface area contributed by atoms with E-state index in [4.69, 9.17) is 9.15 Å². The highest BCUT2D eigenvalue weighted by atomic mass is 32.2. The number of rotatable bonds is 8. The number of nitro groups is 1. The third-order valence-corrected chi connectivity index (χ3v) is 4.48. The summed E-state index contributed by atoms with van der Waals surface area (Å²) in [6, 6.07) is 9.18. The van der Waals surface area contributed by atoms with Crippen molar-refractivity contribution in [2.45, 2.75) is 11.8 Å². The lowest BCUT2D eigenvalue weighted by atomic mass is 10.3. The molecule has 0 aliphatic carbocycles. The smallest absolute Gasteiger partial charge is 0.345 e. The van der Waals surface area contributed by atoms with Crippen LogP contribution in [0.25, 0.3) is 0 Å². The minimum absolute atomic E-state index is 0.00540. The van der Waals surface area contributed by atoms with Gasteiger partial charge in [0.2, 0.25) is 5.91 Å². The Kier molecular flexibility index (Phi) is 5.76. The van der Waals surface area contributed by atoms with E-state index >= 15 is 0 Å². The van der Waals surface area contributed by atoms with E-state index in [1.165, 1.54) is 0 Å². The first-order valence-corrected chi connectivity index (χ1v) is 8.93. The number of benzene rings is 1. The van der Waals surface area contributed by atoms with Crippen molar-refractivity contribution >= 4 is 39.1 Å². The predicted octanol–water partition coefficient (Wildman–Crippen LogP) is 2.74. The highest BCUT2D eigenvalue weighted by Gasteiger charge is 2.15. The number of hydrogen-bond acceptors (Lipinski definition) is 10. The van der Waals surface area contributed by atoms with Crippen LogP contribution in [-0.2, 0) is 11.4 Å². The maximum atomic E-state index is 11.8. The molecule has 3 rings (SSSR count). The number of para-hydroxylation sites is 1. The summed E-state index contributed by atoms with van der Waals surface area (Å²) in [6.45, 7) is 0.118. The molecule has 2 heterocycles. The van der Waals surface area contributed by atoms with Crippen molar-refractivity contribution in [3.63, 3.8) is 0 Å². The second-order valence-electron chi connectivity index (χ2n) is 4.66. The molecule has 0 unspecified atom stereocenters. The monoisotopic (exact) mass is 393 g/mol. The van der Waals surface area contributed by atoms with Crippen LogP contribution < -0.4 is 10.1 Å². The SMILES string of the molecule is O=C(CSc1nnc(COc2ccccc2)o1)Nc1ncc([N+](=O)[O-])s1. The molecular formula is C14H11N5O5S2. The van der Waals surface area contributed by atoms with Gasteiger partial charge in [-0.25, -0.2) is 4.98 Å². The van der Waals surface area contributed by atoms with Gasteiger partial charge in [-0.05, 0) is 23.5 Å². The number of carbonyl (C=O) groups excluding carboxylic acids is 1. The van der Waals surface area contributed by atoms with Crippen LogP contribution in [0.2, 0.25) is 0 Å². The summed E-state index contributed by atoms with van der Waals surface area (Å²) in [4.78, 5) is 25.6. The van der Waals surface area contributed by atoms with Gasteiger partial charge in [-0.1, -0.05) is 30.0 Å². The van der Waals surface area contributed by atoms with Crippen molar-refractivity contribution in [3.8, 4) is 5.75 Å². The molecule has 0 fully saturated rings. The molecule has 0 radical (unpaired) electrons. The number of ether oxygens (including phenoxy) is 1. The summed E-state index contributed by atoms with van der Waals surface area (Å²) in [5.41, 5.74) is 0. The Hall–Kier alpha value is -2.99. The van der Waals surface area contributed by atoms with E-state index in [9.17, 15) is 14.9 Å². The van der Waals surface area contributed by atoms with Gasteiger partial charge in [0.15, 0.2) is 11.7 Å². The summed E-state index contributed by atoms with van der Waals surface area (Å²) in [5, 5.41) is 20.9. The molecule has 0 atom stereocenters. The lowest BCUT2D eigenvalue weighted by Crippen LogP contribution is -2.13. The quantitative estimate of drug-likeness (QED) is 0.348. The van der Waals surface area contributed by atoms with Crippen molar-refractivity contribution in [3.05, 3.63) is 52.5 Å². The first-order valence-electron chi connectivity index (χ1n) is 7.13. The first kappa shape index (κ1) is 17.8. The molecule has 0 bridgehead atoms.